The highest BCUT2D eigenvalue weighted by molar-refractivity contribution is 5.78. The molecule has 0 fully saturated rings. The van der Waals surface area contributed by atoms with Gasteiger partial charge in [-0.05, 0) is 27.7 Å². The zero-order chi connectivity index (χ0) is 11.9. The number of amides is 1. The summed E-state index contributed by atoms with van der Waals surface area (Å²) in [5, 5.41) is 3.11. The van der Waals surface area contributed by atoms with Gasteiger partial charge in [0, 0.05) is 26.7 Å². The number of hydrogen-bond donors (Lipinski definition) is 1. The largest absolute Gasteiger partial charge is 0.377 e. The maximum atomic E-state index is 11.6. The lowest BCUT2D eigenvalue weighted by molar-refractivity contribution is -0.130. The Kier molecular flexibility index (Phi) is 6.52. The fourth-order valence-electron chi connectivity index (χ4n) is 1.23. The molecule has 15 heavy (non-hydrogen) atoms. The minimum Gasteiger partial charge on any atom is -0.377 e. The Bertz CT molecular complexity index is 189. The molecule has 90 valence electrons. The van der Waals surface area contributed by atoms with E-state index in [1.165, 1.54) is 0 Å². The van der Waals surface area contributed by atoms with Crippen LogP contribution in [0.2, 0.25) is 0 Å². The topological polar surface area (TPSA) is 41.6 Å². The van der Waals surface area contributed by atoms with Crippen LogP contribution >= 0.6 is 0 Å². The van der Waals surface area contributed by atoms with Gasteiger partial charge < -0.3 is 15.0 Å². The van der Waals surface area contributed by atoms with E-state index in [-0.39, 0.29) is 11.5 Å². The van der Waals surface area contributed by atoms with E-state index < -0.39 is 0 Å². The van der Waals surface area contributed by atoms with Crippen LogP contribution in [0.25, 0.3) is 0 Å². The van der Waals surface area contributed by atoms with E-state index in [4.69, 9.17) is 4.74 Å². The summed E-state index contributed by atoms with van der Waals surface area (Å²) >= 11 is 0. The number of carbonyl (C=O) groups excluding carboxylic acids is 1. The van der Waals surface area contributed by atoms with Gasteiger partial charge in [-0.15, -0.1) is 0 Å². The number of nitrogens with one attached hydrogen (secondary N) is 1. The van der Waals surface area contributed by atoms with Gasteiger partial charge in [-0.3, -0.25) is 4.79 Å². The van der Waals surface area contributed by atoms with Crippen LogP contribution in [0.4, 0.5) is 0 Å². The maximum absolute atomic E-state index is 11.6. The van der Waals surface area contributed by atoms with Gasteiger partial charge in [0.2, 0.25) is 5.91 Å². The van der Waals surface area contributed by atoms with Crippen LogP contribution in [0.1, 0.15) is 27.7 Å². The van der Waals surface area contributed by atoms with Gasteiger partial charge in [0.05, 0.1) is 12.1 Å². The molecule has 0 saturated carbocycles. The second kappa shape index (κ2) is 6.80. The number of nitrogens with zero attached hydrogens (tertiary/aromatic N) is 1. The van der Waals surface area contributed by atoms with E-state index in [1.54, 1.807) is 7.11 Å². The first-order chi connectivity index (χ1) is 6.96. The Balaban J connectivity index is 3.81. The smallest absolute Gasteiger partial charge is 0.236 e. The van der Waals surface area contributed by atoms with Crippen LogP contribution in [0.5, 0.6) is 0 Å². The summed E-state index contributed by atoms with van der Waals surface area (Å²) in [6, 6.07) is 0. The van der Waals surface area contributed by atoms with Crippen LogP contribution in [0.3, 0.4) is 0 Å². The van der Waals surface area contributed by atoms with Crippen molar-refractivity contribution < 1.29 is 9.53 Å². The summed E-state index contributed by atoms with van der Waals surface area (Å²) in [5.74, 6) is 0.145. The van der Waals surface area contributed by atoms with Crippen molar-refractivity contribution in [3.8, 4) is 0 Å². The van der Waals surface area contributed by atoms with Gasteiger partial charge in [0.1, 0.15) is 0 Å². The Morgan fingerprint density at radius 1 is 1.33 bits per heavy atom. The molecule has 0 aromatic carbocycles. The van der Waals surface area contributed by atoms with E-state index in [0.717, 1.165) is 13.1 Å². The fourth-order valence-corrected chi connectivity index (χ4v) is 1.23. The van der Waals surface area contributed by atoms with Crippen LogP contribution < -0.4 is 5.32 Å². The quantitative estimate of drug-likeness (QED) is 0.686. The summed E-state index contributed by atoms with van der Waals surface area (Å²) in [5.41, 5.74) is -0.219. The van der Waals surface area contributed by atoms with Crippen molar-refractivity contribution >= 4 is 5.91 Å². The summed E-state index contributed by atoms with van der Waals surface area (Å²) in [7, 11) is 1.67. The minimum absolute atomic E-state index is 0.145. The number of carbonyl (C=O) groups is 1. The number of methoxy groups -OCH3 is 1. The Labute approximate surface area is 93.0 Å². The summed E-state index contributed by atoms with van der Waals surface area (Å²) in [4.78, 5) is 13.4. The molecule has 0 saturated heterocycles. The molecule has 4 nitrogen and oxygen atoms in total. The average molecular weight is 216 g/mol. The van der Waals surface area contributed by atoms with Crippen LogP contribution in [-0.2, 0) is 9.53 Å². The van der Waals surface area contributed by atoms with Crippen molar-refractivity contribution in [1.29, 1.82) is 0 Å². The van der Waals surface area contributed by atoms with Gasteiger partial charge in [0.25, 0.3) is 0 Å². The molecule has 0 atom stereocenters. The van der Waals surface area contributed by atoms with E-state index in [2.05, 4.69) is 5.32 Å². The molecule has 0 aromatic rings. The highest BCUT2D eigenvalue weighted by Gasteiger charge is 2.16. The molecule has 4 heteroatoms. The van der Waals surface area contributed by atoms with Gasteiger partial charge in [-0.1, -0.05) is 0 Å². The standard InChI is InChI=1S/C11H24N2O2/c1-6-13(7-2)10(14)8-12-9-11(3,4)15-5/h12H,6-9H2,1-5H3. The lowest BCUT2D eigenvalue weighted by atomic mass is 10.1. The van der Waals surface area contributed by atoms with E-state index in [1.807, 2.05) is 32.6 Å². The van der Waals surface area contributed by atoms with Crippen molar-refractivity contribution in [2.75, 3.05) is 33.3 Å². The third-order valence-corrected chi connectivity index (χ3v) is 2.50. The molecule has 0 aliphatic heterocycles. The lowest BCUT2D eigenvalue weighted by Crippen LogP contribution is -2.43. The predicted octanol–water partition coefficient (Wildman–Crippen LogP) is 0.869. The maximum Gasteiger partial charge on any atom is 0.236 e. The molecule has 0 spiro atoms. The second-order valence-corrected chi connectivity index (χ2v) is 4.13. The molecule has 1 N–H and O–H groups in total. The molecule has 0 unspecified atom stereocenters. The Morgan fingerprint density at radius 2 is 1.87 bits per heavy atom. The highest BCUT2D eigenvalue weighted by Crippen LogP contribution is 2.04. The molecule has 0 bridgehead atoms. The monoisotopic (exact) mass is 216 g/mol. The number of rotatable bonds is 7. The molecule has 0 radical (unpaired) electrons. The molecule has 1 amide bonds. The van der Waals surface area contributed by atoms with Gasteiger partial charge in [0.15, 0.2) is 0 Å². The Hall–Kier alpha value is -0.610. The molecule has 0 aliphatic rings. The first kappa shape index (κ1) is 14.4. The molecular formula is C11H24N2O2. The molecular weight excluding hydrogens is 192 g/mol. The van der Waals surface area contributed by atoms with E-state index >= 15 is 0 Å². The van der Waals surface area contributed by atoms with Crippen LogP contribution in [0, 0.1) is 0 Å². The fraction of sp³-hybridized carbons (Fsp3) is 0.909. The zero-order valence-corrected chi connectivity index (χ0v) is 10.6. The number of hydrogen-bond acceptors (Lipinski definition) is 3. The highest BCUT2D eigenvalue weighted by atomic mass is 16.5. The number of ether oxygens (including phenoxy) is 1. The first-order valence-corrected chi connectivity index (χ1v) is 5.50. The van der Waals surface area contributed by atoms with Crippen molar-refractivity contribution in [2.45, 2.75) is 33.3 Å². The lowest BCUT2D eigenvalue weighted by Gasteiger charge is -2.24. The normalized spacial score (nSPS) is 11.5. The third-order valence-electron chi connectivity index (χ3n) is 2.50. The Morgan fingerprint density at radius 3 is 2.27 bits per heavy atom. The number of likely N-dealkylation sites (N-methyl/N-ethyl adjacent to an activating group) is 1. The SMILES string of the molecule is CCN(CC)C(=O)CNCC(C)(C)OC. The third kappa shape index (κ3) is 5.74. The molecule has 0 aliphatic carbocycles. The summed E-state index contributed by atoms with van der Waals surface area (Å²) < 4.78 is 5.25. The minimum atomic E-state index is -0.219. The van der Waals surface area contributed by atoms with Gasteiger partial charge in [-0.2, -0.15) is 0 Å². The average Bonchev–Trinajstić information content (AvgIpc) is 2.19. The van der Waals surface area contributed by atoms with Crippen LogP contribution in [0.15, 0.2) is 0 Å². The zero-order valence-electron chi connectivity index (χ0n) is 10.6. The summed E-state index contributed by atoms with van der Waals surface area (Å²) in [6.07, 6.45) is 0. The van der Waals surface area contributed by atoms with Crippen molar-refractivity contribution in [3.05, 3.63) is 0 Å². The van der Waals surface area contributed by atoms with Crippen LogP contribution in [-0.4, -0.2) is 49.7 Å². The van der Waals surface area contributed by atoms with E-state index in [0.29, 0.717) is 13.1 Å². The second-order valence-electron chi connectivity index (χ2n) is 4.13. The predicted molar refractivity (Wildman–Crippen MR) is 61.9 cm³/mol. The van der Waals surface area contributed by atoms with Crippen molar-refractivity contribution in [2.24, 2.45) is 0 Å². The first-order valence-electron chi connectivity index (χ1n) is 5.50. The van der Waals surface area contributed by atoms with Gasteiger partial charge >= 0.3 is 0 Å². The summed E-state index contributed by atoms with van der Waals surface area (Å²) in [6.45, 7) is 10.5. The van der Waals surface area contributed by atoms with Gasteiger partial charge in [-0.25, -0.2) is 0 Å². The molecule has 0 aromatic heterocycles. The molecule has 0 rings (SSSR count). The van der Waals surface area contributed by atoms with Crippen molar-refractivity contribution in [3.63, 3.8) is 0 Å². The van der Waals surface area contributed by atoms with E-state index in [9.17, 15) is 4.79 Å². The van der Waals surface area contributed by atoms with Crippen molar-refractivity contribution in [1.82, 2.24) is 10.2 Å². The molecule has 0 heterocycles.